The molecule has 0 bridgehead atoms. The van der Waals surface area contributed by atoms with E-state index < -0.39 is 0 Å². The maximum atomic E-state index is 5.71. The average molecular weight is 1430 g/mol. The highest BCUT2D eigenvalue weighted by molar-refractivity contribution is 6.13. The van der Waals surface area contributed by atoms with Crippen molar-refractivity contribution in [3.8, 4) is 118 Å². The summed E-state index contributed by atoms with van der Waals surface area (Å²) >= 11 is 0. The van der Waals surface area contributed by atoms with Crippen molar-refractivity contribution < 1.29 is 0 Å². The first-order valence-electron chi connectivity index (χ1n) is 39.3. The zero-order valence-corrected chi connectivity index (χ0v) is 63.1. The third-order valence-electron chi connectivity index (χ3n) is 25.7. The summed E-state index contributed by atoms with van der Waals surface area (Å²) in [5.41, 5.74) is 39.2. The van der Waals surface area contributed by atoms with Gasteiger partial charge >= 0.3 is 0 Å². The van der Waals surface area contributed by atoms with Gasteiger partial charge in [0.2, 0.25) is 0 Å². The number of nitrogens with zero attached hydrogens (tertiary/aromatic N) is 5. The van der Waals surface area contributed by atoms with E-state index in [1.807, 2.05) is 0 Å². The van der Waals surface area contributed by atoms with E-state index in [0.29, 0.717) is 5.82 Å². The number of para-hydroxylation sites is 3. The molecule has 3 aliphatic rings. The third-order valence-corrected chi connectivity index (χ3v) is 25.7. The number of hydrogen-bond acceptors (Lipinski definition) is 2. The van der Waals surface area contributed by atoms with E-state index in [1.165, 1.54) is 132 Å². The second kappa shape index (κ2) is 23.6. The summed E-state index contributed by atoms with van der Waals surface area (Å²) in [7, 11) is 0. The molecule has 0 fully saturated rings. The average Bonchev–Trinajstić information content (AvgIpc) is 1.60. The van der Waals surface area contributed by atoms with Crippen molar-refractivity contribution in [3.05, 3.63) is 379 Å². The van der Waals surface area contributed by atoms with Crippen molar-refractivity contribution in [2.24, 2.45) is 0 Å². The molecule has 0 saturated carbocycles. The first-order chi connectivity index (χ1) is 54.8. The van der Waals surface area contributed by atoms with Gasteiger partial charge in [-0.3, -0.25) is 0 Å². The number of benzene rings is 16. The van der Waals surface area contributed by atoms with Gasteiger partial charge in [-0.15, -0.1) is 0 Å². The van der Waals surface area contributed by atoms with E-state index in [-0.39, 0.29) is 16.2 Å². The molecular weight excluding hydrogens is 1360 g/mol. The van der Waals surface area contributed by atoms with Gasteiger partial charge in [-0.25, -0.2) is 9.97 Å². The van der Waals surface area contributed by atoms with E-state index in [2.05, 4.69) is 401 Å². The fourth-order valence-corrected chi connectivity index (χ4v) is 20.0. The van der Waals surface area contributed by atoms with E-state index >= 15 is 0 Å². The van der Waals surface area contributed by atoms with Crippen LogP contribution in [0, 0.1) is 0 Å². The Bertz CT molecular complexity index is 7450. The Kier molecular flexibility index (Phi) is 13.6. The Hall–Kier alpha value is -13.7. The van der Waals surface area contributed by atoms with Crippen molar-refractivity contribution in [1.82, 2.24) is 23.7 Å². The maximum absolute atomic E-state index is 5.71. The van der Waals surface area contributed by atoms with E-state index in [1.54, 1.807) is 0 Å². The van der Waals surface area contributed by atoms with Crippen LogP contribution in [0.15, 0.2) is 346 Å². The molecule has 0 atom stereocenters. The molecule has 0 N–H and O–H groups in total. The van der Waals surface area contributed by atoms with Crippen LogP contribution < -0.4 is 0 Å². The van der Waals surface area contributed by atoms with Crippen LogP contribution >= 0.6 is 0 Å². The third kappa shape index (κ3) is 9.37. The summed E-state index contributed by atoms with van der Waals surface area (Å²) in [5, 5.41) is 8.28. The molecule has 5 nitrogen and oxygen atoms in total. The lowest BCUT2D eigenvalue weighted by Gasteiger charge is -2.21. The molecule has 0 aliphatic heterocycles. The minimum Gasteiger partial charge on any atom is -0.309 e. The highest BCUT2D eigenvalue weighted by atomic mass is 15.0. The van der Waals surface area contributed by atoms with Crippen molar-refractivity contribution in [3.63, 3.8) is 0 Å². The van der Waals surface area contributed by atoms with E-state index in [0.717, 1.165) is 89.0 Å². The SMILES string of the molecule is CC1(C)c2ccccc2-c2cc(-c3ccc4c5ccccc5n(-c5ccc(-c6nc(-c7ccc(-n8c9ccccc9c9ccc(-c%10ccc%11c(c%10)-c%10ccccc%10C%11(C)C)cc98)cc7)c7cc(-c8cccc(-n9c%10ccccc%10c%10ccc(-c%11ccc%12c(c%11)-c%11ccccc%11C%12(C)C)cc%109)c8)ccc7n6)cc5)c4c3)ccc21. The Morgan fingerprint density at radius 3 is 0.955 bits per heavy atom. The molecule has 4 heterocycles. The number of aromatic nitrogens is 5. The molecule has 16 aromatic carbocycles. The molecule has 112 heavy (non-hydrogen) atoms. The van der Waals surface area contributed by atoms with Gasteiger partial charge < -0.3 is 13.7 Å². The summed E-state index contributed by atoms with van der Waals surface area (Å²) < 4.78 is 7.32. The van der Waals surface area contributed by atoms with E-state index in [9.17, 15) is 0 Å². The summed E-state index contributed by atoms with van der Waals surface area (Å²) in [6.45, 7) is 14.1. The molecule has 528 valence electrons. The van der Waals surface area contributed by atoms with Crippen LogP contribution in [0.5, 0.6) is 0 Å². The van der Waals surface area contributed by atoms with Crippen molar-refractivity contribution in [2.75, 3.05) is 0 Å². The molecule has 4 aromatic heterocycles. The second-order valence-corrected chi connectivity index (χ2v) is 32.8. The lowest BCUT2D eigenvalue weighted by Crippen LogP contribution is -2.14. The first-order valence-corrected chi connectivity index (χ1v) is 39.3. The van der Waals surface area contributed by atoms with Gasteiger partial charge in [-0.2, -0.15) is 0 Å². The Balaban J connectivity index is 0.649. The standard InChI is InChI=1S/C107H75N5/c1-105(2)90-28-13-7-22-77(90)86-57-67(41-52-93(86)105)71-38-49-83-80-25-10-16-31-97(80)110(100(83)61-71)74-45-34-64(35-46-74)103-89-60-70(66-20-19-21-76(56-66)112-99-33-18-12-27-82(99)85-51-40-73(63-102(85)112)69-43-54-95-88(59-69)79-24-9-15-30-92(79)107(95,5)6)44-55-96(89)108-104(109-103)65-36-47-75(48-37-65)111-98-32-17-11-26-81(98)84-50-39-72(62-101(84)111)68-42-53-94-87(58-68)78-23-8-14-29-91(78)106(94,3)4/h7-63H,1-6H3. The van der Waals surface area contributed by atoms with Gasteiger partial charge in [0, 0.05) is 82.1 Å². The molecule has 20 aromatic rings. The molecule has 0 spiro atoms. The molecule has 23 rings (SSSR count). The van der Waals surface area contributed by atoms with Crippen LogP contribution in [0.1, 0.15) is 74.9 Å². The van der Waals surface area contributed by atoms with Gasteiger partial charge in [0.05, 0.1) is 44.3 Å². The largest absolute Gasteiger partial charge is 0.309 e. The normalized spacial score (nSPS) is 14.0. The van der Waals surface area contributed by atoms with Gasteiger partial charge in [-0.1, -0.05) is 272 Å². The monoisotopic (exact) mass is 1430 g/mol. The minimum atomic E-state index is -0.0657. The van der Waals surface area contributed by atoms with Gasteiger partial charge in [0.15, 0.2) is 5.82 Å². The maximum Gasteiger partial charge on any atom is 0.160 e. The van der Waals surface area contributed by atoms with Crippen LogP contribution in [0.2, 0.25) is 0 Å². The molecule has 5 heteroatoms. The van der Waals surface area contributed by atoms with E-state index in [4.69, 9.17) is 9.97 Å². The Labute approximate surface area is 650 Å². The fourth-order valence-electron chi connectivity index (χ4n) is 20.0. The second-order valence-electron chi connectivity index (χ2n) is 32.8. The van der Waals surface area contributed by atoms with Gasteiger partial charge in [-0.05, 0) is 227 Å². The zero-order valence-electron chi connectivity index (χ0n) is 63.1. The van der Waals surface area contributed by atoms with Crippen LogP contribution in [0.25, 0.3) is 194 Å². The predicted octanol–water partition coefficient (Wildman–Crippen LogP) is 27.8. The number of rotatable bonds is 9. The molecule has 0 saturated heterocycles. The Morgan fingerprint density at radius 1 is 0.196 bits per heavy atom. The van der Waals surface area contributed by atoms with Crippen LogP contribution in [0.4, 0.5) is 0 Å². The van der Waals surface area contributed by atoms with Crippen molar-refractivity contribution >= 4 is 76.3 Å². The molecule has 0 radical (unpaired) electrons. The quantitative estimate of drug-likeness (QED) is 0.144. The highest BCUT2D eigenvalue weighted by Crippen LogP contribution is 2.54. The lowest BCUT2D eigenvalue weighted by atomic mass is 9.82. The van der Waals surface area contributed by atoms with Gasteiger partial charge in [0.25, 0.3) is 0 Å². The lowest BCUT2D eigenvalue weighted by molar-refractivity contribution is 0.660. The number of hydrogen-bond donors (Lipinski definition) is 0. The molecule has 3 aliphatic carbocycles. The van der Waals surface area contributed by atoms with Crippen LogP contribution in [0.3, 0.4) is 0 Å². The summed E-state index contributed by atoms with van der Waals surface area (Å²) in [6.07, 6.45) is 0. The van der Waals surface area contributed by atoms with Crippen LogP contribution in [-0.4, -0.2) is 23.7 Å². The predicted molar refractivity (Wildman–Crippen MR) is 468 cm³/mol. The zero-order chi connectivity index (χ0) is 74.6. The van der Waals surface area contributed by atoms with Crippen molar-refractivity contribution in [2.45, 2.75) is 57.8 Å². The molecule has 0 unspecified atom stereocenters. The summed E-state index contributed by atoms with van der Waals surface area (Å²) in [6, 6.07) is 129. The Morgan fingerprint density at radius 2 is 0.518 bits per heavy atom. The smallest absolute Gasteiger partial charge is 0.160 e. The van der Waals surface area contributed by atoms with Gasteiger partial charge in [0.1, 0.15) is 0 Å². The first kappa shape index (κ1) is 64.3. The number of fused-ring (bicyclic) bond motifs is 19. The summed E-state index contributed by atoms with van der Waals surface area (Å²) in [5.74, 6) is 0.659. The fraction of sp³-hybridized carbons (Fsp3) is 0.0841. The van der Waals surface area contributed by atoms with Crippen molar-refractivity contribution in [1.29, 1.82) is 0 Å². The molecule has 0 amide bonds. The summed E-state index contributed by atoms with van der Waals surface area (Å²) in [4.78, 5) is 11.2. The topological polar surface area (TPSA) is 40.6 Å². The van der Waals surface area contributed by atoms with Crippen LogP contribution in [-0.2, 0) is 16.2 Å². The molecular formula is C107H75N5. The highest BCUT2D eigenvalue weighted by Gasteiger charge is 2.38. The minimum absolute atomic E-state index is 0.0606.